The van der Waals surface area contributed by atoms with Crippen LogP contribution in [0.4, 0.5) is 0 Å². The van der Waals surface area contributed by atoms with Crippen molar-refractivity contribution in [3.8, 4) is 0 Å². The van der Waals surface area contributed by atoms with Crippen LogP contribution in [0.5, 0.6) is 0 Å². The van der Waals surface area contributed by atoms with Gasteiger partial charge in [-0.1, -0.05) is 64.4 Å². The van der Waals surface area contributed by atoms with Crippen LogP contribution < -0.4 is 5.32 Å². The van der Waals surface area contributed by atoms with Crippen LogP contribution >= 0.6 is 0 Å². The molecule has 0 aliphatic carbocycles. The van der Waals surface area contributed by atoms with Crippen LogP contribution in [0.2, 0.25) is 0 Å². The smallest absolute Gasteiger partial charge is 0.0317 e. The first-order chi connectivity index (χ1) is 8.34. The molecule has 1 aromatic carbocycles. The third-order valence-corrected chi connectivity index (χ3v) is 4.04. The fourth-order valence-corrected chi connectivity index (χ4v) is 1.92. The molecule has 2 atom stereocenters. The van der Waals surface area contributed by atoms with E-state index in [-0.39, 0.29) is 0 Å². The van der Waals surface area contributed by atoms with Gasteiger partial charge in [0.1, 0.15) is 0 Å². The zero-order chi connectivity index (χ0) is 13.8. The lowest BCUT2D eigenvalue weighted by molar-refractivity contribution is 0.244. The monoisotopic (exact) mass is 247 g/mol. The van der Waals surface area contributed by atoms with Crippen molar-refractivity contribution in [3.63, 3.8) is 0 Å². The van der Waals surface area contributed by atoms with Crippen molar-refractivity contribution in [2.24, 2.45) is 11.3 Å². The summed E-state index contributed by atoms with van der Waals surface area (Å²) in [6.45, 7) is 14.7. The van der Waals surface area contributed by atoms with Crippen molar-refractivity contribution >= 4 is 0 Å². The molecule has 0 aliphatic rings. The number of aryl methyl sites for hydroxylation is 1. The molecule has 1 aromatic rings. The molecule has 1 nitrogen and oxygen atoms in total. The van der Waals surface area contributed by atoms with E-state index in [0.29, 0.717) is 17.4 Å². The molecule has 0 bridgehead atoms. The zero-order valence-electron chi connectivity index (χ0n) is 12.9. The second-order valence-corrected chi connectivity index (χ2v) is 6.55. The van der Waals surface area contributed by atoms with E-state index in [2.05, 4.69) is 71.1 Å². The second kappa shape index (κ2) is 6.38. The number of benzene rings is 1. The van der Waals surface area contributed by atoms with E-state index in [9.17, 15) is 0 Å². The van der Waals surface area contributed by atoms with Crippen molar-refractivity contribution in [2.45, 2.75) is 54.0 Å². The fraction of sp³-hybridized carbons (Fsp3) is 0.647. The maximum absolute atomic E-state index is 3.71. The Kier molecular flexibility index (Phi) is 5.40. The molecule has 0 saturated carbocycles. The van der Waals surface area contributed by atoms with Gasteiger partial charge in [-0.2, -0.15) is 0 Å². The number of rotatable bonds is 5. The Morgan fingerprint density at radius 3 is 2.11 bits per heavy atom. The van der Waals surface area contributed by atoms with Crippen molar-refractivity contribution < 1.29 is 0 Å². The summed E-state index contributed by atoms with van der Waals surface area (Å²) in [5.74, 6) is 0.678. The van der Waals surface area contributed by atoms with Gasteiger partial charge in [-0.15, -0.1) is 0 Å². The summed E-state index contributed by atoms with van der Waals surface area (Å²) in [7, 11) is 0. The van der Waals surface area contributed by atoms with Crippen LogP contribution in [-0.2, 0) is 0 Å². The first-order valence-corrected chi connectivity index (χ1v) is 7.14. The second-order valence-electron chi connectivity index (χ2n) is 6.55. The maximum atomic E-state index is 3.71. The van der Waals surface area contributed by atoms with Gasteiger partial charge in [-0.3, -0.25) is 0 Å². The number of nitrogens with one attached hydrogen (secondary N) is 1. The lowest BCUT2D eigenvalue weighted by atomic mass is 9.82. The Hall–Kier alpha value is -0.820. The topological polar surface area (TPSA) is 12.0 Å². The van der Waals surface area contributed by atoms with Gasteiger partial charge in [0, 0.05) is 6.04 Å². The maximum Gasteiger partial charge on any atom is 0.0317 e. The predicted molar refractivity (Wildman–Crippen MR) is 80.8 cm³/mol. The van der Waals surface area contributed by atoms with Crippen LogP contribution in [0, 0.1) is 18.3 Å². The molecular weight excluding hydrogens is 218 g/mol. The third-order valence-electron chi connectivity index (χ3n) is 4.04. The highest BCUT2D eigenvalue weighted by atomic mass is 14.9. The number of hydrogen-bond donors (Lipinski definition) is 1. The van der Waals surface area contributed by atoms with E-state index < -0.39 is 0 Å². The minimum atomic E-state index is 0.374. The standard InChI is InChI=1S/C17H29N/c1-7-16(15-10-8-13(2)9-11-15)18-12-14(3)17(4,5)6/h8-11,14,16,18H,7,12H2,1-6H3. The Labute approximate surface area is 113 Å². The van der Waals surface area contributed by atoms with Crippen molar-refractivity contribution in [1.29, 1.82) is 0 Å². The molecular formula is C17H29N. The normalized spacial score (nSPS) is 15.4. The Bertz CT molecular complexity index is 345. The molecule has 2 unspecified atom stereocenters. The summed E-state index contributed by atoms with van der Waals surface area (Å²) in [6.07, 6.45) is 1.14. The van der Waals surface area contributed by atoms with E-state index in [4.69, 9.17) is 0 Å². The molecule has 0 aromatic heterocycles. The van der Waals surface area contributed by atoms with Gasteiger partial charge in [0.25, 0.3) is 0 Å². The van der Waals surface area contributed by atoms with Gasteiger partial charge >= 0.3 is 0 Å². The highest BCUT2D eigenvalue weighted by molar-refractivity contribution is 5.24. The first kappa shape index (κ1) is 15.2. The lowest BCUT2D eigenvalue weighted by Crippen LogP contribution is -2.32. The van der Waals surface area contributed by atoms with E-state index in [1.807, 2.05) is 0 Å². The summed E-state index contributed by atoms with van der Waals surface area (Å²) in [6, 6.07) is 9.38. The van der Waals surface area contributed by atoms with Crippen molar-refractivity contribution in [1.82, 2.24) is 5.32 Å². The summed E-state index contributed by atoms with van der Waals surface area (Å²) in [5, 5.41) is 3.71. The zero-order valence-corrected chi connectivity index (χ0v) is 12.9. The minimum absolute atomic E-state index is 0.374. The molecule has 0 heterocycles. The molecule has 0 radical (unpaired) electrons. The van der Waals surface area contributed by atoms with Crippen LogP contribution in [0.3, 0.4) is 0 Å². The minimum Gasteiger partial charge on any atom is -0.310 e. The molecule has 0 amide bonds. The van der Waals surface area contributed by atoms with E-state index in [0.717, 1.165) is 13.0 Å². The van der Waals surface area contributed by atoms with Gasteiger partial charge < -0.3 is 5.32 Å². The quantitative estimate of drug-likeness (QED) is 0.794. The average Bonchev–Trinajstić information content (AvgIpc) is 2.30. The average molecular weight is 247 g/mol. The highest BCUT2D eigenvalue weighted by Crippen LogP contribution is 2.26. The molecule has 0 fully saturated rings. The summed E-state index contributed by atoms with van der Waals surface area (Å²) >= 11 is 0. The van der Waals surface area contributed by atoms with Crippen LogP contribution in [0.1, 0.15) is 58.2 Å². The van der Waals surface area contributed by atoms with Crippen LogP contribution in [-0.4, -0.2) is 6.54 Å². The van der Waals surface area contributed by atoms with Gasteiger partial charge in [-0.25, -0.2) is 0 Å². The Morgan fingerprint density at radius 1 is 1.11 bits per heavy atom. The van der Waals surface area contributed by atoms with E-state index >= 15 is 0 Å². The third kappa shape index (κ3) is 4.45. The fourth-order valence-electron chi connectivity index (χ4n) is 1.92. The van der Waals surface area contributed by atoms with Gasteiger partial charge in [0.05, 0.1) is 0 Å². The summed E-state index contributed by atoms with van der Waals surface area (Å²) < 4.78 is 0. The molecule has 1 heteroatoms. The molecule has 0 aliphatic heterocycles. The lowest BCUT2D eigenvalue weighted by Gasteiger charge is -2.29. The van der Waals surface area contributed by atoms with Crippen molar-refractivity contribution in [3.05, 3.63) is 35.4 Å². The first-order valence-electron chi connectivity index (χ1n) is 7.14. The summed E-state index contributed by atoms with van der Waals surface area (Å²) in [4.78, 5) is 0. The molecule has 0 spiro atoms. The molecule has 102 valence electrons. The summed E-state index contributed by atoms with van der Waals surface area (Å²) in [5.41, 5.74) is 3.11. The van der Waals surface area contributed by atoms with Crippen LogP contribution in [0.15, 0.2) is 24.3 Å². The van der Waals surface area contributed by atoms with Gasteiger partial charge in [0.15, 0.2) is 0 Å². The molecule has 1 N–H and O–H groups in total. The van der Waals surface area contributed by atoms with E-state index in [1.54, 1.807) is 0 Å². The molecule has 1 rings (SSSR count). The predicted octanol–water partition coefficient (Wildman–Crippen LogP) is 4.72. The number of hydrogen-bond acceptors (Lipinski definition) is 1. The largest absolute Gasteiger partial charge is 0.310 e. The van der Waals surface area contributed by atoms with Gasteiger partial charge in [-0.05, 0) is 36.8 Å². The van der Waals surface area contributed by atoms with Crippen LogP contribution in [0.25, 0.3) is 0 Å². The Balaban J connectivity index is 2.60. The van der Waals surface area contributed by atoms with E-state index in [1.165, 1.54) is 11.1 Å². The van der Waals surface area contributed by atoms with Gasteiger partial charge in [0.2, 0.25) is 0 Å². The molecule has 18 heavy (non-hydrogen) atoms. The SMILES string of the molecule is CCC(NCC(C)C(C)(C)C)c1ccc(C)cc1. The highest BCUT2D eigenvalue weighted by Gasteiger charge is 2.20. The molecule has 0 saturated heterocycles. The Morgan fingerprint density at radius 2 is 1.67 bits per heavy atom. The van der Waals surface area contributed by atoms with Crippen molar-refractivity contribution in [2.75, 3.05) is 6.54 Å².